The molecular weight excluding hydrogens is 357 g/mol. The topological polar surface area (TPSA) is 12.0 Å². The van der Waals surface area contributed by atoms with Gasteiger partial charge in [-0.25, -0.2) is 0 Å². The third-order valence-corrected chi connectivity index (χ3v) is 4.07. The molecule has 0 aromatic heterocycles. The maximum Gasteiger partial charge on any atom is 0.0485 e. The monoisotopic (exact) mass is 379 g/mol. The van der Waals surface area contributed by atoms with Gasteiger partial charge in [-0.3, -0.25) is 0 Å². The summed E-state index contributed by atoms with van der Waals surface area (Å²) in [4.78, 5) is 0. The van der Waals surface area contributed by atoms with Gasteiger partial charge in [-0.1, -0.05) is 38.1 Å². The van der Waals surface area contributed by atoms with Gasteiger partial charge in [0, 0.05) is 15.3 Å². The van der Waals surface area contributed by atoms with E-state index < -0.39 is 0 Å². The molecule has 2 aromatic carbocycles. The molecule has 0 aliphatic rings. The Morgan fingerprint density at radius 1 is 0.900 bits per heavy atom. The highest BCUT2D eigenvalue weighted by molar-refractivity contribution is 14.1. The largest absolute Gasteiger partial charge is 0.379 e. The second-order valence-corrected chi connectivity index (χ2v) is 6.96. The second-order valence-electron chi connectivity index (χ2n) is 5.71. The first kappa shape index (κ1) is 15.4. The summed E-state index contributed by atoms with van der Waals surface area (Å²) in [6, 6.07) is 17.8. The number of benzene rings is 2. The second kappa shape index (κ2) is 7.11. The van der Waals surface area contributed by atoms with Gasteiger partial charge < -0.3 is 5.32 Å². The number of halogens is 1. The van der Waals surface area contributed by atoms with Crippen molar-refractivity contribution in [3.63, 3.8) is 0 Å². The lowest BCUT2D eigenvalue weighted by molar-refractivity contribution is 0.647. The van der Waals surface area contributed by atoms with Crippen LogP contribution in [0.5, 0.6) is 0 Å². The molecule has 0 radical (unpaired) electrons. The minimum Gasteiger partial charge on any atom is -0.379 e. The van der Waals surface area contributed by atoms with Crippen LogP contribution >= 0.6 is 22.6 Å². The van der Waals surface area contributed by atoms with Gasteiger partial charge in [0.1, 0.15) is 0 Å². The third kappa shape index (κ3) is 4.51. The highest BCUT2D eigenvalue weighted by atomic mass is 127. The molecule has 0 fully saturated rings. The Kier molecular flexibility index (Phi) is 5.46. The molecule has 0 saturated heterocycles. The van der Waals surface area contributed by atoms with E-state index >= 15 is 0 Å². The van der Waals surface area contributed by atoms with Gasteiger partial charge in [-0.2, -0.15) is 0 Å². The van der Waals surface area contributed by atoms with Crippen LogP contribution in [0.1, 0.15) is 37.9 Å². The van der Waals surface area contributed by atoms with Gasteiger partial charge >= 0.3 is 0 Å². The molecular formula is C18H22IN. The minimum atomic E-state index is 0.322. The SMILES string of the molecule is CC(C)Cc1ccc(C(C)Nc2ccc(I)cc2)cc1. The summed E-state index contributed by atoms with van der Waals surface area (Å²) in [6.07, 6.45) is 1.15. The zero-order valence-electron chi connectivity index (χ0n) is 12.4. The molecule has 0 heterocycles. The minimum absolute atomic E-state index is 0.322. The summed E-state index contributed by atoms with van der Waals surface area (Å²) in [5.41, 5.74) is 3.92. The molecule has 2 aromatic rings. The van der Waals surface area contributed by atoms with Crippen molar-refractivity contribution in [1.82, 2.24) is 0 Å². The summed E-state index contributed by atoms with van der Waals surface area (Å²) in [5, 5.41) is 3.54. The van der Waals surface area contributed by atoms with Crippen LogP contribution in [0.25, 0.3) is 0 Å². The zero-order chi connectivity index (χ0) is 14.5. The zero-order valence-corrected chi connectivity index (χ0v) is 14.5. The molecule has 106 valence electrons. The van der Waals surface area contributed by atoms with E-state index in [1.54, 1.807) is 0 Å². The Hall–Kier alpha value is -1.03. The standard InChI is InChI=1S/C18H22IN/c1-13(2)12-15-4-6-16(7-5-15)14(3)20-18-10-8-17(19)9-11-18/h4-11,13-14,20H,12H2,1-3H3. The molecule has 0 aliphatic carbocycles. The fourth-order valence-electron chi connectivity index (χ4n) is 2.29. The summed E-state index contributed by atoms with van der Waals surface area (Å²) in [6.45, 7) is 6.72. The van der Waals surface area contributed by atoms with Crippen molar-refractivity contribution in [3.8, 4) is 0 Å². The number of hydrogen-bond acceptors (Lipinski definition) is 1. The normalized spacial score (nSPS) is 12.4. The van der Waals surface area contributed by atoms with E-state index in [0.29, 0.717) is 12.0 Å². The van der Waals surface area contributed by atoms with Gasteiger partial charge in [0.15, 0.2) is 0 Å². The van der Waals surface area contributed by atoms with Crippen LogP contribution in [0.4, 0.5) is 5.69 Å². The Morgan fingerprint density at radius 3 is 2.05 bits per heavy atom. The molecule has 0 spiro atoms. The number of nitrogens with one attached hydrogen (secondary N) is 1. The van der Waals surface area contributed by atoms with Crippen LogP contribution in [-0.4, -0.2) is 0 Å². The molecule has 1 unspecified atom stereocenters. The summed E-state index contributed by atoms with van der Waals surface area (Å²) in [5.74, 6) is 0.711. The highest BCUT2D eigenvalue weighted by Crippen LogP contribution is 2.21. The average Bonchev–Trinajstić information content (AvgIpc) is 2.41. The number of hydrogen-bond donors (Lipinski definition) is 1. The lowest BCUT2D eigenvalue weighted by Gasteiger charge is -2.16. The van der Waals surface area contributed by atoms with Gasteiger partial charge in [-0.15, -0.1) is 0 Å². The molecule has 1 atom stereocenters. The van der Waals surface area contributed by atoms with Crippen LogP contribution in [-0.2, 0) is 6.42 Å². The first-order chi connectivity index (χ1) is 9.54. The van der Waals surface area contributed by atoms with Gasteiger partial charge in [0.25, 0.3) is 0 Å². The van der Waals surface area contributed by atoms with Crippen LogP contribution in [0.2, 0.25) is 0 Å². The maximum absolute atomic E-state index is 3.54. The predicted molar refractivity (Wildman–Crippen MR) is 96.2 cm³/mol. The molecule has 20 heavy (non-hydrogen) atoms. The van der Waals surface area contributed by atoms with Crippen molar-refractivity contribution in [1.29, 1.82) is 0 Å². The van der Waals surface area contributed by atoms with Gasteiger partial charge in [0.05, 0.1) is 0 Å². The van der Waals surface area contributed by atoms with E-state index in [-0.39, 0.29) is 0 Å². The van der Waals surface area contributed by atoms with Gasteiger partial charge in [0.2, 0.25) is 0 Å². The van der Waals surface area contributed by atoms with Crippen molar-refractivity contribution >= 4 is 28.3 Å². The maximum atomic E-state index is 3.54. The summed E-state index contributed by atoms with van der Waals surface area (Å²) < 4.78 is 1.26. The van der Waals surface area contributed by atoms with Crippen LogP contribution in [0.15, 0.2) is 48.5 Å². The van der Waals surface area contributed by atoms with E-state index in [1.807, 2.05) is 0 Å². The van der Waals surface area contributed by atoms with Crippen molar-refractivity contribution in [2.24, 2.45) is 5.92 Å². The molecule has 0 bridgehead atoms. The molecule has 2 rings (SSSR count). The lowest BCUT2D eigenvalue weighted by Crippen LogP contribution is -2.06. The van der Waals surface area contributed by atoms with Gasteiger partial charge in [-0.05, 0) is 77.2 Å². The van der Waals surface area contributed by atoms with Crippen molar-refractivity contribution in [2.45, 2.75) is 33.2 Å². The fraction of sp³-hybridized carbons (Fsp3) is 0.333. The van der Waals surface area contributed by atoms with E-state index in [2.05, 4.69) is 97.2 Å². The third-order valence-electron chi connectivity index (χ3n) is 3.35. The van der Waals surface area contributed by atoms with E-state index in [9.17, 15) is 0 Å². The van der Waals surface area contributed by atoms with Crippen molar-refractivity contribution < 1.29 is 0 Å². The molecule has 2 heteroatoms. The number of rotatable bonds is 5. The first-order valence-electron chi connectivity index (χ1n) is 7.15. The smallest absolute Gasteiger partial charge is 0.0485 e. The molecule has 0 amide bonds. The molecule has 1 nitrogen and oxygen atoms in total. The predicted octanol–water partition coefficient (Wildman–Crippen LogP) is 5.66. The van der Waals surface area contributed by atoms with E-state index in [4.69, 9.17) is 0 Å². The molecule has 0 aliphatic heterocycles. The Bertz CT molecular complexity index is 528. The number of anilines is 1. The Balaban J connectivity index is 2.01. The summed E-state index contributed by atoms with van der Waals surface area (Å²) in [7, 11) is 0. The van der Waals surface area contributed by atoms with Crippen LogP contribution in [0.3, 0.4) is 0 Å². The van der Waals surface area contributed by atoms with E-state index in [1.165, 1.54) is 20.4 Å². The Morgan fingerprint density at radius 2 is 1.50 bits per heavy atom. The van der Waals surface area contributed by atoms with Crippen LogP contribution < -0.4 is 5.32 Å². The summed E-state index contributed by atoms with van der Waals surface area (Å²) >= 11 is 2.33. The molecule has 1 N–H and O–H groups in total. The molecule has 0 saturated carbocycles. The van der Waals surface area contributed by atoms with Crippen molar-refractivity contribution in [2.75, 3.05) is 5.32 Å². The average molecular weight is 379 g/mol. The highest BCUT2D eigenvalue weighted by Gasteiger charge is 2.06. The quantitative estimate of drug-likeness (QED) is 0.661. The Labute approximate surface area is 135 Å². The first-order valence-corrected chi connectivity index (χ1v) is 8.23. The van der Waals surface area contributed by atoms with E-state index in [0.717, 1.165) is 6.42 Å². The van der Waals surface area contributed by atoms with Crippen LogP contribution in [0, 0.1) is 9.49 Å². The lowest BCUT2D eigenvalue weighted by atomic mass is 10.00. The van der Waals surface area contributed by atoms with Crippen molar-refractivity contribution in [3.05, 3.63) is 63.2 Å². The fourth-order valence-corrected chi connectivity index (χ4v) is 2.65.